The van der Waals surface area contributed by atoms with Crippen molar-refractivity contribution in [1.82, 2.24) is 0 Å². The molecule has 2 atom stereocenters. The molecule has 0 spiro atoms. The summed E-state index contributed by atoms with van der Waals surface area (Å²) in [7, 11) is 0. The molecule has 0 bridgehead atoms. The number of hydrogen-bond acceptors (Lipinski definition) is 7. The van der Waals surface area contributed by atoms with Crippen LogP contribution in [0, 0.1) is 0 Å². The van der Waals surface area contributed by atoms with Gasteiger partial charge in [-0.2, -0.15) is 4.21 Å². The molecule has 0 aromatic heterocycles. The second-order valence-electron chi connectivity index (χ2n) is 2.32. The number of Topliss-reactive ketones (excluding diaryl/α,β-unsaturated/α-hetero) is 1. The number of hydrogen-bond donors (Lipinski definition) is 6. The Kier molecular flexibility index (Phi) is 24.0. The Balaban J connectivity index is -0.0000000544. The van der Waals surface area contributed by atoms with Crippen molar-refractivity contribution in [3.05, 3.63) is 0 Å². The quantitative estimate of drug-likeness (QED) is 0.242. The first-order valence-corrected chi connectivity index (χ1v) is 6.08. The van der Waals surface area contributed by atoms with Crippen molar-refractivity contribution in [1.29, 1.82) is 0 Å². The number of carbonyl (C=O) groups is 3. The third-order valence-corrected chi connectivity index (χ3v) is 0.659. The van der Waals surface area contributed by atoms with Crippen molar-refractivity contribution >= 4 is 40.4 Å². The van der Waals surface area contributed by atoms with Gasteiger partial charge in [-0.3, -0.25) is 13.9 Å². The second kappa shape index (κ2) is 17.7. The largest absolute Gasteiger partial charge is 1.00 e. The van der Waals surface area contributed by atoms with Crippen LogP contribution in [0.25, 0.3) is 0 Å². The van der Waals surface area contributed by atoms with E-state index >= 15 is 0 Å². The molecule has 122 valence electrons. The smallest absolute Gasteiger partial charge is 0.750 e. The van der Waals surface area contributed by atoms with E-state index in [1.165, 1.54) is 6.92 Å². The van der Waals surface area contributed by atoms with E-state index in [9.17, 15) is 14.4 Å². The molecular formula is C6H14O12S2. The lowest BCUT2D eigenvalue weighted by atomic mass is 10.4. The van der Waals surface area contributed by atoms with Gasteiger partial charge in [-0.15, -0.1) is 0 Å². The van der Waals surface area contributed by atoms with Crippen LogP contribution in [-0.2, 0) is 37.1 Å². The summed E-state index contributed by atoms with van der Waals surface area (Å²) >= 11 is -5.47. The minimum Gasteiger partial charge on any atom is -0.750 e. The van der Waals surface area contributed by atoms with E-state index in [2.05, 4.69) is 0 Å². The van der Waals surface area contributed by atoms with Crippen LogP contribution < -0.4 is 0 Å². The topological polar surface area (TPSA) is 230 Å². The number of rotatable bonds is 2. The molecule has 14 heteroatoms. The molecule has 0 aliphatic rings. The van der Waals surface area contributed by atoms with Crippen LogP contribution in [0.4, 0.5) is 0 Å². The molecule has 1 unspecified atom stereocenters. The van der Waals surface area contributed by atoms with Gasteiger partial charge in [-0.1, -0.05) is 0 Å². The van der Waals surface area contributed by atoms with Crippen LogP contribution in [-0.4, -0.2) is 65.8 Å². The summed E-state index contributed by atoms with van der Waals surface area (Å²) in [6.45, 7) is 2.20. The predicted molar refractivity (Wildman–Crippen MR) is 63.7 cm³/mol. The zero-order valence-electron chi connectivity index (χ0n) is 11.0. The van der Waals surface area contributed by atoms with Gasteiger partial charge in [-0.05, 0) is 6.92 Å². The Morgan fingerprint density at radius 2 is 1.20 bits per heavy atom. The lowest BCUT2D eigenvalue weighted by molar-refractivity contribution is -0.148. The van der Waals surface area contributed by atoms with Crippen LogP contribution in [0.5, 0.6) is 0 Å². The van der Waals surface area contributed by atoms with Crippen LogP contribution >= 0.6 is 0 Å². The predicted octanol–water partition coefficient (Wildman–Crippen LogP) is -1.76. The van der Waals surface area contributed by atoms with Crippen LogP contribution in [0.15, 0.2) is 0 Å². The van der Waals surface area contributed by atoms with Gasteiger partial charge in [0.15, 0.2) is 0 Å². The maximum atomic E-state index is 9.54. The summed E-state index contributed by atoms with van der Waals surface area (Å²) < 4.78 is 46.9. The molecule has 0 amide bonds. The summed E-state index contributed by atoms with van der Waals surface area (Å²) in [6, 6.07) is 0. The van der Waals surface area contributed by atoms with E-state index in [-0.39, 0.29) is 1.43 Å². The normalized spacial score (nSPS) is 11.2. The number of carboxylic acid groups (broad SMARTS) is 2. The molecule has 0 radical (unpaired) electrons. The highest BCUT2D eigenvalue weighted by molar-refractivity contribution is 7.73. The summed E-state index contributed by atoms with van der Waals surface area (Å²) in [6.07, 6.45) is -1.23. The van der Waals surface area contributed by atoms with Crippen molar-refractivity contribution < 1.29 is 57.8 Å². The highest BCUT2D eigenvalue weighted by Crippen LogP contribution is 1.73. The molecule has 0 aromatic carbocycles. The van der Waals surface area contributed by atoms with E-state index in [0.29, 0.717) is 0 Å². The third kappa shape index (κ3) is 91.6. The molecular weight excluding hydrogens is 328 g/mol. The lowest BCUT2D eigenvalue weighted by Crippen LogP contribution is -2.13. The fourth-order valence-electron chi connectivity index (χ4n) is 0. The molecule has 0 aromatic rings. The van der Waals surface area contributed by atoms with Crippen molar-refractivity contribution in [2.75, 3.05) is 0 Å². The first-order chi connectivity index (χ1) is 8.75. The highest BCUT2D eigenvalue weighted by atomic mass is 32.2. The van der Waals surface area contributed by atoms with Gasteiger partial charge >= 0.3 is 13.4 Å². The summed E-state index contributed by atoms with van der Waals surface area (Å²) in [5.74, 6) is -3.39. The minimum atomic E-state index is -2.86. The van der Waals surface area contributed by atoms with E-state index < -0.39 is 46.5 Å². The highest BCUT2D eigenvalue weighted by Gasteiger charge is 2.01. The van der Waals surface area contributed by atoms with E-state index in [4.69, 9.17) is 41.9 Å². The molecule has 12 nitrogen and oxygen atoms in total. The van der Waals surface area contributed by atoms with Crippen molar-refractivity contribution in [3.63, 3.8) is 0 Å². The molecule has 6 N–H and O–H groups in total. The molecule has 20 heavy (non-hydrogen) atoms. The van der Waals surface area contributed by atoms with E-state index in [1.807, 2.05) is 0 Å². The number of ketones is 1. The number of aliphatic carboxylic acids is 2. The van der Waals surface area contributed by atoms with Crippen molar-refractivity contribution in [2.45, 2.75) is 20.0 Å². The Bertz CT molecular complexity index is 311. The van der Waals surface area contributed by atoms with Gasteiger partial charge in [0.25, 0.3) is 11.4 Å². The standard InChI is InChI=1S/C3H6O3.C3H4O3.2H2O3S/c2*1-2(4)3(5)6;2*1-4(2)3/h2,4H,1H3,(H,5,6);1H3,(H,5,6);2*(H2,1,2,3)/t2-;;;/m0.../s1. The van der Waals surface area contributed by atoms with Crippen LogP contribution in [0.1, 0.15) is 15.3 Å². The average molecular weight is 342 g/mol. The molecule has 0 fully saturated rings. The Morgan fingerprint density at radius 3 is 1.20 bits per heavy atom. The van der Waals surface area contributed by atoms with Crippen molar-refractivity contribution in [3.8, 4) is 0 Å². The first kappa shape index (κ1) is 27.1. The zero-order chi connectivity index (χ0) is 17.5. The minimum absolute atomic E-state index is 0. The maximum Gasteiger partial charge on any atom is 1.00 e. The SMILES string of the molecule is CC(=O)C(=O)O.C[C@H](O)C(=O)O.O=S(O)O.O=S([O-])O.[H+]. The molecule has 0 heterocycles. The summed E-state index contributed by atoms with van der Waals surface area (Å²) in [5.41, 5.74) is 0. The van der Waals surface area contributed by atoms with Gasteiger partial charge in [0.05, 0.1) is 11.4 Å². The summed E-state index contributed by atoms with van der Waals surface area (Å²) in [5, 5.41) is 23.4. The first-order valence-electron chi connectivity index (χ1n) is 3.98. The van der Waals surface area contributed by atoms with E-state index in [1.54, 1.807) is 0 Å². The number of carbonyl (C=O) groups excluding carboxylic acids is 1. The lowest BCUT2D eigenvalue weighted by Gasteiger charge is -1.89. The number of aliphatic hydroxyl groups is 1. The average Bonchev–Trinajstić information content (AvgIpc) is 2.15. The molecule has 0 saturated carbocycles. The monoisotopic (exact) mass is 342 g/mol. The van der Waals surface area contributed by atoms with Crippen molar-refractivity contribution in [2.24, 2.45) is 0 Å². The molecule has 0 rings (SSSR count). The van der Waals surface area contributed by atoms with Gasteiger partial charge < -0.3 is 24.4 Å². The molecule has 0 aliphatic carbocycles. The van der Waals surface area contributed by atoms with Crippen LogP contribution in [0.2, 0.25) is 0 Å². The Morgan fingerprint density at radius 1 is 1.10 bits per heavy atom. The van der Waals surface area contributed by atoms with Gasteiger partial charge in [0, 0.05) is 6.92 Å². The van der Waals surface area contributed by atoms with Gasteiger partial charge in [-0.25, -0.2) is 13.8 Å². The maximum absolute atomic E-state index is 9.54. The number of aliphatic hydroxyl groups excluding tert-OH is 1. The second-order valence-corrected chi connectivity index (χ2v) is 3.22. The molecule has 0 aliphatic heterocycles. The van der Waals surface area contributed by atoms with Gasteiger partial charge in [0.2, 0.25) is 5.78 Å². The Hall–Kier alpha value is -1.29. The fraction of sp³-hybridized carbons (Fsp3) is 0.500. The zero-order valence-corrected chi connectivity index (χ0v) is 11.7. The van der Waals surface area contributed by atoms with E-state index in [0.717, 1.165) is 6.92 Å². The molecule has 0 saturated heterocycles. The van der Waals surface area contributed by atoms with Gasteiger partial charge in [0.1, 0.15) is 6.10 Å². The summed E-state index contributed by atoms with van der Waals surface area (Å²) in [4.78, 5) is 28.3. The third-order valence-electron chi connectivity index (χ3n) is 0.659. The van der Waals surface area contributed by atoms with Crippen LogP contribution in [0.3, 0.4) is 0 Å². The Labute approximate surface area is 119 Å². The number of carboxylic acids is 2. The fourth-order valence-corrected chi connectivity index (χ4v) is 0.